The second-order valence-electron chi connectivity index (χ2n) is 4.99. The Labute approximate surface area is 104 Å². The third-order valence-electron chi connectivity index (χ3n) is 3.51. The Bertz CT molecular complexity index is 340. The molecule has 1 fully saturated rings. The predicted molar refractivity (Wildman–Crippen MR) is 67.8 cm³/mol. The van der Waals surface area contributed by atoms with E-state index < -0.39 is 0 Å². The van der Waals surface area contributed by atoms with Crippen LogP contribution in [0.4, 0.5) is 0 Å². The Hall–Kier alpha value is -0.800. The minimum atomic E-state index is 0.612. The van der Waals surface area contributed by atoms with E-state index in [1.807, 2.05) is 14.0 Å². The molecule has 0 aliphatic heterocycles. The maximum atomic E-state index is 5.74. The molecule has 3 nitrogen and oxygen atoms in total. The van der Waals surface area contributed by atoms with Gasteiger partial charge in [-0.2, -0.15) is 0 Å². The van der Waals surface area contributed by atoms with E-state index in [0.29, 0.717) is 6.61 Å². The molecule has 1 aromatic heterocycles. The number of hydrogen-bond acceptors (Lipinski definition) is 3. The Morgan fingerprint density at radius 2 is 2.18 bits per heavy atom. The van der Waals surface area contributed by atoms with E-state index in [-0.39, 0.29) is 0 Å². The van der Waals surface area contributed by atoms with Gasteiger partial charge in [0.05, 0.1) is 0 Å². The third kappa shape index (κ3) is 3.58. The predicted octanol–water partition coefficient (Wildman–Crippen LogP) is 3.01. The lowest BCUT2D eigenvalue weighted by Gasteiger charge is -2.08. The molecule has 96 valence electrons. The summed E-state index contributed by atoms with van der Waals surface area (Å²) in [4.78, 5) is 0. The van der Waals surface area contributed by atoms with Gasteiger partial charge in [0.1, 0.15) is 18.1 Å². The first-order valence-electron chi connectivity index (χ1n) is 6.60. The molecule has 0 bridgehead atoms. The Balaban J connectivity index is 1.76. The van der Waals surface area contributed by atoms with Crippen LogP contribution in [0.25, 0.3) is 0 Å². The molecule has 1 aromatic rings. The summed E-state index contributed by atoms with van der Waals surface area (Å²) in [7, 11) is 1.95. The molecule has 1 N–H and O–H groups in total. The molecule has 2 rings (SSSR count). The van der Waals surface area contributed by atoms with Gasteiger partial charge in [-0.15, -0.1) is 0 Å². The summed E-state index contributed by atoms with van der Waals surface area (Å²) in [5.41, 5.74) is 1.23. The molecule has 0 aromatic carbocycles. The van der Waals surface area contributed by atoms with E-state index in [2.05, 4.69) is 11.4 Å². The molecule has 1 aliphatic rings. The molecule has 1 heterocycles. The molecule has 1 aliphatic carbocycles. The van der Waals surface area contributed by atoms with E-state index in [9.17, 15) is 0 Å². The minimum absolute atomic E-state index is 0.612. The number of hydrogen-bond donors (Lipinski definition) is 1. The van der Waals surface area contributed by atoms with Gasteiger partial charge in [-0.25, -0.2) is 0 Å². The lowest BCUT2D eigenvalue weighted by molar-refractivity contribution is 0.0767. The van der Waals surface area contributed by atoms with Gasteiger partial charge in [-0.05, 0) is 38.8 Å². The summed E-state index contributed by atoms with van der Waals surface area (Å²) in [6.07, 6.45) is 5.42. The first-order valence-corrected chi connectivity index (χ1v) is 6.60. The first-order chi connectivity index (χ1) is 8.29. The quantitative estimate of drug-likeness (QED) is 0.826. The van der Waals surface area contributed by atoms with E-state index >= 15 is 0 Å². The van der Waals surface area contributed by atoms with Crippen molar-refractivity contribution >= 4 is 0 Å². The van der Waals surface area contributed by atoms with Crippen molar-refractivity contribution in [1.82, 2.24) is 5.32 Å². The Morgan fingerprint density at radius 1 is 1.41 bits per heavy atom. The van der Waals surface area contributed by atoms with E-state index in [1.54, 1.807) is 0 Å². The van der Waals surface area contributed by atoms with Crippen molar-refractivity contribution < 1.29 is 9.15 Å². The summed E-state index contributed by atoms with van der Waals surface area (Å²) in [6.45, 7) is 4.37. The van der Waals surface area contributed by atoms with Crippen molar-refractivity contribution in [2.45, 2.75) is 45.8 Å². The highest BCUT2D eigenvalue weighted by Gasteiger charge is 2.15. The lowest BCUT2D eigenvalue weighted by Crippen LogP contribution is -2.05. The Kier molecular flexibility index (Phi) is 4.63. The van der Waals surface area contributed by atoms with Gasteiger partial charge in [0.15, 0.2) is 0 Å². The van der Waals surface area contributed by atoms with Gasteiger partial charge < -0.3 is 14.5 Å². The zero-order valence-electron chi connectivity index (χ0n) is 10.9. The second-order valence-corrected chi connectivity index (χ2v) is 4.99. The summed E-state index contributed by atoms with van der Waals surface area (Å²) >= 11 is 0. The number of nitrogens with one attached hydrogen (secondary N) is 1. The first kappa shape index (κ1) is 12.7. The third-order valence-corrected chi connectivity index (χ3v) is 3.51. The maximum Gasteiger partial charge on any atom is 0.130 e. The van der Waals surface area contributed by atoms with Crippen LogP contribution >= 0.6 is 0 Å². The van der Waals surface area contributed by atoms with Gasteiger partial charge in [0.2, 0.25) is 0 Å². The summed E-state index contributed by atoms with van der Waals surface area (Å²) < 4.78 is 11.4. The number of aryl methyl sites for hydroxylation is 1. The molecule has 0 saturated heterocycles. The zero-order chi connectivity index (χ0) is 12.1. The van der Waals surface area contributed by atoms with Crippen molar-refractivity contribution in [1.29, 1.82) is 0 Å². The monoisotopic (exact) mass is 237 g/mol. The lowest BCUT2D eigenvalue weighted by atomic mass is 10.1. The molecule has 0 spiro atoms. The average Bonchev–Trinajstić information content (AvgIpc) is 2.91. The molecule has 17 heavy (non-hydrogen) atoms. The van der Waals surface area contributed by atoms with Crippen LogP contribution in [0, 0.1) is 12.8 Å². The summed E-state index contributed by atoms with van der Waals surface area (Å²) in [6, 6.07) is 2.10. The van der Waals surface area contributed by atoms with Crippen LogP contribution in [-0.4, -0.2) is 13.7 Å². The van der Waals surface area contributed by atoms with Gasteiger partial charge in [0, 0.05) is 18.7 Å². The molecule has 3 heteroatoms. The topological polar surface area (TPSA) is 34.4 Å². The highest BCUT2D eigenvalue weighted by atomic mass is 16.5. The Morgan fingerprint density at radius 3 is 2.88 bits per heavy atom. The van der Waals surface area contributed by atoms with Crippen LogP contribution < -0.4 is 5.32 Å². The van der Waals surface area contributed by atoms with Crippen LogP contribution in [0.1, 0.15) is 42.8 Å². The van der Waals surface area contributed by atoms with Crippen molar-refractivity contribution in [3.63, 3.8) is 0 Å². The normalized spacial score (nSPS) is 16.8. The fraction of sp³-hybridized carbons (Fsp3) is 0.714. The zero-order valence-corrected chi connectivity index (χ0v) is 10.9. The molecule has 0 atom stereocenters. The van der Waals surface area contributed by atoms with Gasteiger partial charge in [-0.1, -0.05) is 12.8 Å². The smallest absolute Gasteiger partial charge is 0.130 e. The van der Waals surface area contributed by atoms with Crippen molar-refractivity contribution in [2.24, 2.45) is 5.92 Å². The highest BCUT2D eigenvalue weighted by molar-refractivity contribution is 5.20. The standard InChI is InChI=1S/C14H23NO2/c1-11-13(8-15-2)7-14(17-11)10-16-9-12-5-3-4-6-12/h7,12,15H,3-6,8-10H2,1-2H3. The molecular formula is C14H23NO2. The largest absolute Gasteiger partial charge is 0.464 e. The fourth-order valence-electron chi connectivity index (χ4n) is 2.53. The van der Waals surface area contributed by atoms with E-state index in [1.165, 1.54) is 31.2 Å². The van der Waals surface area contributed by atoms with E-state index in [0.717, 1.165) is 30.6 Å². The number of ether oxygens (including phenoxy) is 1. The molecule has 0 radical (unpaired) electrons. The maximum absolute atomic E-state index is 5.74. The molecule has 0 unspecified atom stereocenters. The van der Waals surface area contributed by atoms with Gasteiger partial charge in [0.25, 0.3) is 0 Å². The molecule has 0 amide bonds. The van der Waals surface area contributed by atoms with Gasteiger partial charge >= 0.3 is 0 Å². The average molecular weight is 237 g/mol. The summed E-state index contributed by atoms with van der Waals surface area (Å²) in [5.74, 6) is 2.73. The van der Waals surface area contributed by atoms with Crippen molar-refractivity contribution in [3.8, 4) is 0 Å². The van der Waals surface area contributed by atoms with Crippen LogP contribution in [0.2, 0.25) is 0 Å². The summed E-state index contributed by atoms with van der Waals surface area (Å²) in [5, 5.41) is 3.14. The fourth-order valence-corrected chi connectivity index (χ4v) is 2.53. The minimum Gasteiger partial charge on any atom is -0.464 e. The molecule has 1 saturated carbocycles. The number of furan rings is 1. The van der Waals surface area contributed by atoms with Crippen molar-refractivity contribution in [3.05, 3.63) is 23.2 Å². The second kappa shape index (κ2) is 6.22. The van der Waals surface area contributed by atoms with Crippen molar-refractivity contribution in [2.75, 3.05) is 13.7 Å². The number of rotatable bonds is 6. The SMILES string of the molecule is CNCc1cc(COCC2CCCC2)oc1C. The van der Waals surface area contributed by atoms with Crippen LogP contribution in [0.5, 0.6) is 0 Å². The molecular weight excluding hydrogens is 214 g/mol. The van der Waals surface area contributed by atoms with Crippen LogP contribution in [0.15, 0.2) is 10.5 Å². The van der Waals surface area contributed by atoms with E-state index in [4.69, 9.17) is 9.15 Å². The van der Waals surface area contributed by atoms with Crippen LogP contribution in [0.3, 0.4) is 0 Å². The highest BCUT2D eigenvalue weighted by Crippen LogP contribution is 2.25. The van der Waals surface area contributed by atoms with Gasteiger partial charge in [-0.3, -0.25) is 0 Å². The van der Waals surface area contributed by atoms with Crippen LogP contribution in [-0.2, 0) is 17.9 Å².